The van der Waals surface area contributed by atoms with Gasteiger partial charge in [-0.2, -0.15) is 0 Å². The van der Waals surface area contributed by atoms with Crippen molar-refractivity contribution in [2.45, 2.75) is 194 Å². The molecule has 0 saturated heterocycles. The van der Waals surface area contributed by atoms with Crippen molar-refractivity contribution in [3.63, 3.8) is 0 Å². The van der Waals surface area contributed by atoms with Crippen LogP contribution < -0.4 is 0 Å². The molecule has 0 aromatic heterocycles. The van der Waals surface area contributed by atoms with Gasteiger partial charge < -0.3 is 10.2 Å². The van der Waals surface area contributed by atoms with E-state index >= 15 is 0 Å². The number of aliphatic carboxylic acids is 2. The Labute approximate surface area is 249 Å². The fraction of sp³-hybridized carbons (Fsp3) is 0.889. The molecule has 0 aliphatic carbocycles. The van der Waals surface area contributed by atoms with Crippen molar-refractivity contribution in [3.8, 4) is 0 Å². The molecule has 2 unspecified atom stereocenters. The first-order chi connectivity index (χ1) is 19.5. The van der Waals surface area contributed by atoms with Crippen molar-refractivity contribution < 1.29 is 19.8 Å². The first-order valence-corrected chi connectivity index (χ1v) is 17.6. The fourth-order valence-corrected chi connectivity index (χ4v) is 5.96. The third kappa shape index (κ3) is 28.2. The number of carboxylic acids is 2. The largest absolute Gasteiger partial charge is 0.481 e. The SMILES string of the molecule is CCCCCCCCC(C=CCCCCCCC(=O)O)C(CCCCCCCC)CCCCCCCCC(=O)O. The molecule has 0 bridgehead atoms. The van der Waals surface area contributed by atoms with Crippen LogP contribution in [-0.4, -0.2) is 22.2 Å². The number of rotatable bonds is 32. The zero-order chi connectivity index (χ0) is 29.5. The summed E-state index contributed by atoms with van der Waals surface area (Å²) in [5.41, 5.74) is 0. The lowest BCUT2D eigenvalue weighted by molar-refractivity contribution is -0.138. The molecule has 40 heavy (non-hydrogen) atoms. The van der Waals surface area contributed by atoms with E-state index in [1.54, 1.807) is 0 Å². The highest BCUT2D eigenvalue weighted by atomic mass is 16.4. The van der Waals surface area contributed by atoms with Gasteiger partial charge in [0.1, 0.15) is 0 Å². The van der Waals surface area contributed by atoms with Gasteiger partial charge in [0.15, 0.2) is 0 Å². The summed E-state index contributed by atoms with van der Waals surface area (Å²) in [6, 6.07) is 0. The number of carboxylic acid groups (broad SMARTS) is 2. The molecule has 4 heteroatoms. The van der Waals surface area contributed by atoms with E-state index in [0.717, 1.165) is 44.4 Å². The molecule has 0 rings (SSSR count). The zero-order valence-corrected chi connectivity index (χ0v) is 26.8. The number of unbranched alkanes of at least 4 members (excludes halogenated alkanes) is 19. The summed E-state index contributed by atoms with van der Waals surface area (Å²) in [6.07, 6.45) is 38.2. The van der Waals surface area contributed by atoms with Gasteiger partial charge in [-0.15, -0.1) is 0 Å². The van der Waals surface area contributed by atoms with Crippen LogP contribution in [0.15, 0.2) is 12.2 Å². The Morgan fingerprint density at radius 1 is 0.500 bits per heavy atom. The fourth-order valence-electron chi connectivity index (χ4n) is 5.96. The Bertz CT molecular complexity index is 585. The molecule has 0 fully saturated rings. The molecule has 0 aromatic rings. The van der Waals surface area contributed by atoms with E-state index in [0.29, 0.717) is 18.8 Å². The monoisotopic (exact) mass is 565 g/mol. The zero-order valence-electron chi connectivity index (χ0n) is 26.8. The Hall–Kier alpha value is -1.32. The molecule has 0 heterocycles. The van der Waals surface area contributed by atoms with Crippen LogP contribution in [0, 0.1) is 11.8 Å². The van der Waals surface area contributed by atoms with Crippen molar-refractivity contribution >= 4 is 11.9 Å². The second kappa shape index (κ2) is 30.6. The predicted octanol–water partition coefficient (Wildman–Crippen LogP) is 11.9. The predicted molar refractivity (Wildman–Crippen MR) is 172 cm³/mol. The summed E-state index contributed by atoms with van der Waals surface area (Å²) in [4.78, 5) is 21.4. The van der Waals surface area contributed by atoms with Crippen LogP contribution in [0.2, 0.25) is 0 Å². The molecule has 0 aliphatic heterocycles. The summed E-state index contributed by atoms with van der Waals surface area (Å²) in [5.74, 6) is 0.150. The summed E-state index contributed by atoms with van der Waals surface area (Å²) < 4.78 is 0. The second-order valence-electron chi connectivity index (χ2n) is 12.4. The Morgan fingerprint density at radius 3 is 1.32 bits per heavy atom. The average Bonchev–Trinajstić information content (AvgIpc) is 2.92. The molecular weight excluding hydrogens is 496 g/mol. The normalized spacial score (nSPS) is 13.2. The van der Waals surface area contributed by atoms with Gasteiger partial charge in [-0.3, -0.25) is 9.59 Å². The van der Waals surface area contributed by atoms with Crippen LogP contribution in [-0.2, 0) is 9.59 Å². The van der Waals surface area contributed by atoms with Crippen LogP contribution in [0.25, 0.3) is 0 Å². The van der Waals surface area contributed by atoms with Gasteiger partial charge in [-0.05, 0) is 56.8 Å². The number of hydrogen-bond acceptors (Lipinski definition) is 2. The van der Waals surface area contributed by atoms with Crippen LogP contribution in [0.5, 0.6) is 0 Å². The van der Waals surface area contributed by atoms with Gasteiger partial charge in [-0.25, -0.2) is 0 Å². The molecule has 0 radical (unpaired) electrons. The van der Waals surface area contributed by atoms with Crippen LogP contribution in [0.3, 0.4) is 0 Å². The molecule has 0 spiro atoms. The lowest BCUT2D eigenvalue weighted by Crippen LogP contribution is -2.14. The molecule has 236 valence electrons. The molecular formula is C36H68O4. The van der Waals surface area contributed by atoms with Crippen molar-refractivity contribution in [2.75, 3.05) is 0 Å². The molecule has 2 N–H and O–H groups in total. The van der Waals surface area contributed by atoms with Crippen molar-refractivity contribution in [1.29, 1.82) is 0 Å². The second-order valence-corrected chi connectivity index (χ2v) is 12.4. The standard InChI is InChI=1S/C36H68O4/c1-3-5-7-9-15-21-27-33(29-23-17-11-13-19-25-31-35(37)38)34(28-22-16-10-8-6-4-2)30-24-18-12-14-20-26-32-36(39)40/h23,29,33-34H,3-22,24-28,30-32H2,1-2H3,(H,37,38)(H,39,40). The quantitative estimate of drug-likeness (QED) is 0.0629. The first-order valence-electron chi connectivity index (χ1n) is 17.6. The van der Waals surface area contributed by atoms with Gasteiger partial charge in [-0.1, -0.05) is 148 Å². The van der Waals surface area contributed by atoms with E-state index in [9.17, 15) is 9.59 Å². The van der Waals surface area contributed by atoms with Gasteiger partial charge >= 0.3 is 11.9 Å². The van der Waals surface area contributed by atoms with Crippen LogP contribution >= 0.6 is 0 Å². The highest BCUT2D eigenvalue weighted by Gasteiger charge is 2.18. The molecule has 0 saturated carbocycles. The van der Waals surface area contributed by atoms with Crippen LogP contribution in [0.1, 0.15) is 194 Å². The van der Waals surface area contributed by atoms with Gasteiger partial charge in [0.05, 0.1) is 0 Å². The first kappa shape index (κ1) is 38.7. The van der Waals surface area contributed by atoms with Gasteiger partial charge in [0.25, 0.3) is 0 Å². The van der Waals surface area contributed by atoms with Crippen LogP contribution in [0.4, 0.5) is 0 Å². The van der Waals surface area contributed by atoms with E-state index < -0.39 is 11.9 Å². The molecule has 4 nitrogen and oxygen atoms in total. The minimum atomic E-state index is -0.674. The highest BCUT2D eigenvalue weighted by Crippen LogP contribution is 2.31. The maximum absolute atomic E-state index is 10.7. The number of carbonyl (C=O) groups is 2. The molecule has 0 aromatic carbocycles. The molecule has 0 aliphatic rings. The minimum absolute atomic E-state index is 0.304. The average molecular weight is 565 g/mol. The molecule has 0 amide bonds. The van der Waals surface area contributed by atoms with Gasteiger partial charge in [0, 0.05) is 12.8 Å². The van der Waals surface area contributed by atoms with Crippen molar-refractivity contribution in [1.82, 2.24) is 0 Å². The van der Waals surface area contributed by atoms with E-state index in [2.05, 4.69) is 26.0 Å². The lowest BCUT2D eigenvalue weighted by Gasteiger charge is -2.26. The number of allylic oxidation sites excluding steroid dienone is 2. The minimum Gasteiger partial charge on any atom is -0.481 e. The third-order valence-corrected chi connectivity index (χ3v) is 8.54. The smallest absolute Gasteiger partial charge is 0.303 e. The summed E-state index contributed by atoms with van der Waals surface area (Å²) >= 11 is 0. The third-order valence-electron chi connectivity index (χ3n) is 8.54. The lowest BCUT2D eigenvalue weighted by atomic mass is 9.80. The van der Waals surface area contributed by atoms with E-state index in [-0.39, 0.29) is 0 Å². The Balaban J connectivity index is 4.84. The summed E-state index contributed by atoms with van der Waals surface area (Å²) in [7, 11) is 0. The van der Waals surface area contributed by atoms with Gasteiger partial charge in [0.2, 0.25) is 0 Å². The molecule has 2 atom stereocenters. The van der Waals surface area contributed by atoms with E-state index in [4.69, 9.17) is 10.2 Å². The summed E-state index contributed by atoms with van der Waals surface area (Å²) in [6.45, 7) is 4.58. The Morgan fingerprint density at radius 2 is 0.875 bits per heavy atom. The number of hydrogen-bond donors (Lipinski definition) is 2. The highest BCUT2D eigenvalue weighted by molar-refractivity contribution is 5.66. The van der Waals surface area contributed by atoms with E-state index in [1.165, 1.54) is 128 Å². The summed E-state index contributed by atoms with van der Waals surface area (Å²) in [5, 5.41) is 17.7. The van der Waals surface area contributed by atoms with Crippen molar-refractivity contribution in [2.24, 2.45) is 11.8 Å². The maximum atomic E-state index is 10.7. The Kier molecular flexibility index (Phi) is 29.6. The maximum Gasteiger partial charge on any atom is 0.303 e. The topological polar surface area (TPSA) is 74.6 Å². The van der Waals surface area contributed by atoms with E-state index in [1.807, 2.05) is 0 Å². The van der Waals surface area contributed by atoms with Crippen molar-refractivity contribution in [3.05, 3.63) is 12.2 Å².